The maximum atomic E-state index is 10.2. The van der Waals surface area contributed by atoms with Gasteiger partial charge in [0.05, 0.1) is 14.6 Å². The number of carbonyl (C=O) groups excluding carboxylic acids is 1. The number of aliphatic hydroxyl groups is 5. The minimum Gasteiger partial charge on any atom is -0.394 e. The molecule has 6 heteroatoms. The third-order valence-corrected chi connectivity index (χ3v) is 1.42. The van der Waals surface area contributed by atoms with Crippen molar-refractivity contribution in [1.82, 2.24) is 0 Å². The van der Waals surface area contributed by atoms with E-state index in [-0.39, 0.29) is 6.29 Å². The van der Waals surface area contributed by atoms with E-state index in [2.05, 4.69) is 0 Å². The lowest BCUT2D eigenvalue weighted by Gasteiger charge is -2.27. The molecule has 0 aliphatic rings. The summed E-state index contributed by atoms with van der Waals surface area (Å²) in [4.78, 5) is 10.2. The van der Waals surface area contributed by atoms with Crippen LogP contribution in [-0.2, 0) is 4.79 Å². The number of hydrogen-bond acceptors (Lipinski definition) is 6. The van der Waals surface area contributed by atoms with E-state index in [1.54, 1.807) is 0 Å². The van der Waals surface area contributed by atoms with Gasteiger partial charge in [0.15, 0.2) is 11.9 Å². The normalized spacial score (nSPS) is 24.9. The van der Waals surface area contributed by atoms with E-state index in [1.165, 1.54) is 0 Å². The fraction of sp³-hybridized carbons (Fsp3) is 0.833. The minimum absolute atomic E-state index is 0.256. The van der Waals surface area contributed by atoms with Gasteiger partial charge in [0.1, 0.15) is 12.2 Å². The summed E-state index contributed by atoms with van der Waals surface area (Å²) in [7, 11) is 0. The van der Waals surface area contributed by atoms with Crippen molar-refractivity contribution in [3.63, 3.8) is 0 Å². The van der Waals surface area contributed by atoms with E-state index in [1.807, 2.05) is 0 Å². The van der Waals surface area contributed by atoms with E-state index in [4.69, 9.17) is 26.9 Å². The highest BCUT2D eigenvalue weighted by atomic mass is 16.4. The number of aldehydes is 1. The smallest absolute Gasteiger partial charge is 0.171 e. The monoisotopic (exact) mass is 181 g/mol. The highest BCUT2D eigenvalue weighted by Crippen LogP contribution is 2.10. The predicted molar refractivity (Wildman–Crippen MR) is 37.2 cm³/mol. The van der Waals surface area contributed by atoms with Crippen molar-refractivity contribution in [1.29, 1.82) is 0 Å². The molecule has 0 aliphatic carbocycles. The Kier molecular flexibility index (Phi) is 3.57. The number of hydrogen-bond donors (Lipinski definition) is 5. The molecule has 6 nitrogen and oxygen atoms in total. The Morgan fingerprint density at radius 1 is 1.50 bits per heavy atom. The fourth-order valence-electron chi connectivity index (χ4n) is 0.585. The van der Waals surface area contributed by atoms with E-state index in [0.717, 1.165) is 0 Å². The fourth-order valence-corrected chi connectivity index (χ4v) is 0.585. The van der Waals surface area contributed by atoms with Gasteiger partial charge in [0.2, 0.25) is 0 Å². The van der Waals surface area contributed by atoms with Crippen LogP contribution in [0.3, 0.4) is 0 Å². The Labute approximate surface area is 70.1 Å². The van der Waals surface area contributed by atoms with Gasteiger partial charge in [-0.3, -0.25) is 4.79 Å². The first-order chi connectivity index (χ1) is 5.90. The lowest BCUT2D eigenvalue weighted by Crippen LogP contribution is -2.54. The van der Waals surface area contributed by atoms with Gasteiger partial charge in [-0.15, -0.1) is 0 Å². The first-order valence-corrected chi connectivity index (χ1v) is 3.16. The van der Waals surface area contributed by atoms with Gasteiger partial charge in [0, 0.05) is 0 Å². The Morgan fingerprint density at radius 2 is 2.00 bits per heavy atom. The molecule has 0 radical (unpaired) electrons. The van der Waals surface area contributed by atoms with Crippen LogP contribution in [-0.4, -0.2) is 62.8 Å². The lowest BCUT2D eigenvalue weighted by atomic mass is 9.95. The second kappa shape index (κ2) is 4.48. The van der Waals surface area contributed by atoms with Crippen molar-refractivity contribution in [2.45, 2.75) is 17.8 Å². The van der Waals surface area contributed by atoms with Crippen LogP contribution in [0.2, 0.25) is 0 Å². The first-order valence-electron chi connectivity index (χ1n) is 3.74. The van der Waals surface area contributed by atoms with Gasteiger partial charge in [-0.1, -0.05) is 0 Å². The SMILES string of the molecule is [2H]C(O)[C@](O)(C=O)[C@H](O)[C@H](O)CO. The molecule has 1 unspecified atom stereocenters. The second-order valence-electron chi connectivity index (χ2n) is 2.33. The van der Waals surface area contributed by atoms with Crippen molar-refractivity contribution in [2.24, 2.45) is 0 Å². The summed E-state index contributed by atoms with van der Waals surface area (Å²) < 4.78 is 6.65. The molecule has 0 amide bonds. The van der Waals surface area contributed by atoms with Crippen molar-refractivity contribution >= 4 is 6.29 Å². The molecule has 0 bridgehead atoms. The maximum Gasteiger partial charge on any atom is 0.171 e. The third-order valence-electron chi connectivity index (χ3n) is 1.42. The zero-order chi connectivity index (χ0) is 10.6. The summed E-state index contributed by atoms with van der Waals surface area (Å²) in [5.74, 6) is 0. The summed E-state index contributed by atoms with van der Waals surface area (Å²) in [6.45, 7) is -3.19. The lowest BCUT2D eigenvalue weighted by molar-refractivity contribution is -0.162. The summed E-state index contributed by atoms with van der Waals surface area (Å²) in [6, 6.07) is 0. The average Bonchev–Trinajstić information content (AvgIpc) is 2.13. The molecule has 0 saturated heterocycles. The third kappa shape index (κ3) is 2.23. The van der Waals surface area contributed by atoms with E-state index >= 15 is 0 Å². The average molecular weight is 181 g/mol. The van der Waals surface area contributed by atoms with Crippen molar-refractivity contribution in [3.05, 3.63) is 0 Å². The summed E-state index contributed by atoms with van der Waals surface area (Å²) in [5.41, 5.74) is -2.79. The number of carbonyl (C=O) groups is 1. The zero-order valence-corrected chi connectivity index (χ0v) is 6.16. The maximum absolute atomic E-state index is 10.2. The molecule has 0 rings (SSSR count). The van der Waals surface area contributed by atoms with Gasteiger partial charge in [0.25, 0.3) is 0 Å². The molecular weight excluding hydrogens is 168 g/mol. The van der Waals surface area contributed by atoms with Gasteiger partial charge in [-0.05, 0) is 0 Å². The van der Waals surface area contributed by atoms with E-state index in [0.29, 0.717) is 0 Å². The molecule has 0 aromatic heterocycles. The van der Waals surface area contributed by atoms with E-state index in [9.17, 15) is 4.79 Å². The molecule has 0 spiro atoms. The van der Waals surface area contributed by atoms with Crippen LogP contribution in [0.5, 0.6) is 0 Å². The Morgan fingerprint density at radius 3 is 2.25 bits per heavy atom. The molecule has 0 fully saturated rings. The molecule has 12 heavy (non-hydrogen) atoms. The highest BCUT2D eigenvalue weighted by molar-refractivity contribution is 5.63. The van der Waals surface area contributed by atoms with Crippen LogP contribution in [0.25, 0.3) is 0 Å². The minimum atomic E-state index is -2.79. The van der Waals surface area contributed by atoms with Gasteiger partial charge in [-0.25, -0.2) is 0 Å². The zero-order valence-electron chi connectivity index (χ0n) is 7.16. The largest absolute Gasteiger partial charge is 0.394 e. The van der Waals surface area contributed by atoms with Gasteiger partial charge in [-0.2, -0.15) is 0 Å². The van der Waals surface area contributed by atoms with Crippen LogP contribution >= 0.6 is 0 Å². The highest BCUT2D eigenvalue weighted by Gasteiger charge is 2.39. The summed E-state index contributed by atoms with van der Waals surface area (Å²) in [5, 5.41) is 44.0. The quantitative estimate of drug-likeness (QED) is 0.282. The van der Waals surface area contributed by atoms with Crippen LogP contribution in [0, 0.1) is 0 Å². The molecular formula is C6H12O6. The van der Waals surface area contributed by atoms with Crippen molar-refractivity contribution in [3.8, 4) is 0 Å². The van der Waals surface area contributed by atoms with Gasteiger partial charge >= 0.3 is 0 Å². The molecule has 0 saturated carbocycles. The number of aliphatic hydroxyl groups excluding tert-OH is 4. The van der Waals surface area contributed by atoms with Crippen LogP contribution in [0.1, 0.15) is 1.37 Å². The Bertz CT molecular complexity index is 175. The molecule has 4 atom stereocenters. The van der Waals surface area contributed by atoms with Crippen LogP contribution in [0.4, 0.5) is 0 Å². The molecule has 0 aliphatic heterocycles. The molecule has 72 valence electrons. The second-order valence-corrected chi connectivity index (χ2v) is 2.33. The summed E-state index contributed by atoms with van der Waals surface area (Å²) >= 11 is 0. The molecule has 0 aromatic rings. The van der Waals surface area contributed by atoms with Crippen LogP contribution < -0.4 is 0 Å². The predicted octanol–water partition coefficient (Wildman–Crippen LogP) is -3.38. The Hall–Kier alpha value is -0.530. The number of rotatable bonds is 5. The van der Waals surface area contributed by atoms with Crippen LogP contribution in [0.15, 0.2) is 0 Å². The topological polar surface area (TPSA) is 118 Å². The van der Waals surface area contributed by atoms with Crippen molar-refractivity contribution < 1.29 is 31.7 Å². The molecule has 0 heterocycles. The Balaban J connectivity index is 4.65. The van der Waals surface area contributed by atoms with E-state index < -0.39 is 31.0 Å². The summed E-state index contributed by atoms with van der Waals surface area (Å²) in [6.07, 6.45) is -4.16. The molecule has 0 aromatic carbocycles. The van der Waals surface area contributed by atoms with Gasteiger partial charge < -0.3 is 25.5 Å². The molecule has 5 N–H and O–H groups in total. The first kappa shape index (κ1) is 9.56. The van der Waals surface area contributed by atoms with Crippen molar-refractivity contribution in [2.75, 3.05) is 13.2 Å². The standard InChI is InChI=1S/C6H12O6/c7-1-4(10)5(11)6(12,2-8)3-9/h2,4-5,7,9-12H,1,3H2/t4-,5-,6-/m1/s1/i3D/t3?,4-,5-,6-.